The fraction of sp³-hybridized carbons (Fsp3) is 0.450. The van der Waals surface area contributed by atoms with Crippen LogP contribution in [0.3, 0.4) is 0 Å². The van der Waals surface area contributed by atoms with Gasteiger partial charge in [0.05, 0.1) is 12.2 Å². The third kappa shape index (κ3) is 4.94. The van der Waals surface area contributed by atoms with Crippen LogP contribution in [0, 0.1) is 0 Å². The second-order valence-corrected chi connectivity index (χ2v) is 6.59. The fourth-order valence-corrected chi connectivity index (χ4v) is 2.79. The molecule has 1 aliphatic rings. The van der Waals surface area contributed by atoms with E-state index >= 15 is 0 Å². The number of phenolic OH excluding ortho intramolecular Hbond substituents is 1. The Morgan fingerprint density at radius 1 is 1.20 bits per heavy atom. The molecule has 0 saturated carbocycles. The first-order valence-electron chi connectivity index (χ1n) is 8.57. The standard InChI is InChI=1S/C20H26O5/c1-14(7-5-8-15(2)13-21)6-3-4-11-20(24)19(23)17-12-16(22)9-10-18(17)25-20/h6,8-10,12,21-22,24H,3-5,7,11,13H2,1-2H3/b14-6-,15-8+. The Bertz CT molecular complexity index is 689. The highest BCUT2D eigenvalue weighted by atomic mass is 16.6. The molecule has 0 fully saturated rings. The van der Waals surface area contributed by atoms with Gasteiger partial charge >= 0.3 is 0 Å². The number of carbonyl (C=O) groups excluding carboxylic acids is 1. The summed E-state index contributed by atoms with van der Waals surface area (Å²) in [5.74, 6) is -2.05. The van der Waals surface area contributed by atoms with E-state index in [-0.39, 0.29) is 24.3 Å². The Labute approximate surface area is 148 Å². The van der Waals surface area contributed by atoms with E-state index in [4.69, 9.17) is 9.84 Å². The summed E-state index contributed by atoms with van der Waals surface area (Å²) >= 11 is 0. The summed E-state index contributed by atoms with van der Waals surface area (Å²) in [4.78, 5) is 12.3. The van der Waals surface area contributed by atoms with Gasteiger partial charge in [0.25, 0.3) is 5.79 Å². The van der Waals surface area contributed by atoms with E-state index in [1.54, 1.807) is 0 Å². The van der Waals surface area contributed by atoms with Gasteiger partial charge in [-0.3, -0.25) is 4.79 Å². The molecule has 5 nitrogen and oxygen atoms in total. The summed E-state index contributed by atoms with van der Waals surface area (Å²) in [6.45, 7) is 4.04. The predicted molar refractivity (Wildman–Crippen MR) is 95.7 cm³/mol. The number of unbranched alkanes of at least 4 members (excludes halogenated alkanes) is 1. The Hall–Kier alpha value is -2.11. The normalized spacial score (nSPS) is 20.6. The molecular formula is C20H26O5. The van der Waals surface area contributed by atoms with Crippen molar-refractivity contribution in [3.63, 3.8) is 0 Å². The number of fused-ring (bicyclic) bond motifs is 1. The average Bonchev–Trinajstić information content (AvgIpc) is 2.83. The van der Waals surface area contributed by atoms with E-state index < -0.39 is 11.6 Å². The number of ketones is 1. The molecule has 1 heterocycles. The number of aliphatic hydroxyl groups is 2. The molecule has 1 aromatic rings. The van der Waals surface area contributed by atoms with Crippen LogP contribution in [-0.4, -0.2) is 33.5 Å². The third-order valence-electron chi connectivity index (χ3n) is 4.33. The molecule has 0 amide bonds. The lowest BCUT2D eigenvalue weighted by Gasteiger charge is -2.20. The molecule has 136 valence electrons. The van der Waals surface area contributed by atoms with Crippen LogP contribution >= 0.6 is 0 Å². The number of ether oxygens (including phenoxy) is 1. The first-order chi connectivity index (χ1) is 11.9. The van der Waals surface area contributed by atoms with Gasteiger partial charge in [0.2, 0.25) is 5.78 Å². The molecule has 2 rings (SSSR count). The number of hydrogen-bond donors (Lipinski definition) is 3. The molecule has 0 radical (unpaired) electrons. The van der Waals surface area contributed by atoms with Crippen LogP contribution in [0.2, 0.25) is 0 Å². The molecule has 0 aliphatic carbocycles. The second kappa shape index (κ2) is 8.32. The number of aromatic hydroxyl groups is 1. The van der Waals surface area contributed by atoms with Gasteiger partial charge in [0.15, 0.2) is 0 Å². The lowest BCUT2D eigenvalue weighted by molar-refractivity contribution is -0.0957. The van der Waals surface area contributed by atoms with Gasteiger partial charge in [-0.25, -0.2) is 0 Å². The number of allylic oxidation sites excluding steroid dienone is 3. The van der Waals surface area contributed by atoms with Gasteiger partial charge in [0.1, 0.15) is 11.5 Å². The Kier molecular flexibility index (Phi) is 6.39. The molecule has 5 heteroatoms. The number of benzene rings is 1. The van der Waals surface area contributed by atoms with E-state index in [9.17, 15) is 15.0 Å². The quantitative estimate of drug-likeness (QED) is 0.495. The first-order valence-corrected chi connectivity index (χ1v) is 8.57. The number of aliphatic hydroxyl groups excluding tert-OH is 1. The van der Waals surface area contributed by atoms with Crippen molar-refractivity contribution in [1.29, 1.82) is 0 Å². The minimum atomic E-state index is -1.83. The summed E-state index contributed by atoms with van der Waals surface area (Å²) in [6, 6.07) is 4.24. The van der Waals surface area contributed by atoms with E-state index in [1.165, 1.54) is 23.8 Å². The first kappa shape index (κ1) is 19.2. The van der Waals surface area contributed by atoms with Crippen molar-refractivity contribution < 1.29 is 24.9 Å². The zero-order valence-electron chi connectivity index (χ0n) is 14.8. The fourth-order valence-electron chi connectivity index (χ4n) is 2.79. The molecule has 3 N–H and O–H groups in total. The number of phenols is 1. The highest BCUT2D eigenvalue weighted by Gasteiger charge is 2.46. The summed E-state index contributed by atoms with van der Waals surface area (Å²) < 4.78 is 5.42. The SMILES string of the molecule is C/C(=C/CCCC1(O)Oc2ccc(O)cc2C1=O)CC/C=C(\C)CO. The van der Waals surface area contributed by atoms with Crippen molar-refractivity contribution in [3.05, 3.63) is 47.1 Å². The minimum Gasteiger partial charge on any atom is -0.508 e. The van der Waals surface area contributed by atoms with Gasteiger partial charge in [0, 0.05) is 6.42 Å². The zero-order chi connectivity index (χ0) is 18.4. The molecule has 25 heavy (non-hydrogen) atoms. The average molecular weight is 346 g/mol. The molecule has 1 aromatic carbocycles. The van der Waals surface area contributed by atoms with Gasteiger partial charge in [-0.1, -0.05) is 23.3 Å². The van der Waals surface area contributed by atoms with Crippen LogP contribution in [0.1, 0.15) is 56.3 Å². The summed E-state index contributed by atoms with van der Waals surface area (Å²) in [5.41, 5.74) is 2.43. The van der Waals surface area contributed by atoms with Crippen LogP contribution in [0.25, 0.3) is 0 Å². The molecule has 1 aliphatic heterocycles. The largest absolute Gasteiger partial charge is 0.508 e. The number of carbonyl (C=O) groups is 1. The number of Topliss-reactive ketones (excluding diaryl/α,β-unsaturated/α-hetero) is 1. The molecular weight excluding hydrogens is 320 g/mol. The maximum absolute atomic E-state index is 12.3. The van der Waals surface area contributed by atoms with Crippen molar-refractivity contribution in [2.45, 2.75) is 51.7 Å². The van der Waals surface area contributed by atoms with Crippen molar-refractivity contribution in [1.82, 2.24) is 0 Å². The Morgan fingerprint density at radius 2 is 1.92 bits per heavy atom. The van der Waals surface area contributed by atoms with Crippen LogP contribution in [0.4, 0.5) is 0 Å². The van der Waals surface area contributed by atoms with E-state index in [0.29, 0.717) is 12.2 Å². The van der Waals surface area contributed by atoms with Crippen molar-refractivity contribution >= 4 is 5.78 Å². The maximum Gasteiger partial charge on any atom is 0.272 e. The van der Waals surface area contributed by atoms with Crippen molar-refractivity contribution in [3.8, 4) is 11.5 Å². The van der Waals surface area contributed by atoms with E-state index in [2.05, 4.69) is 6.08 Å². The maximum atomic E-state index is 12.3. The number of hydrogen-bond acceptors (Lipinski definition) is 5. The minimum absolute atomic E-state index is 0.0241. The van der Waals surface area contributed by atoms with E-state index in [0.717, 1.165) is 24.8 Å². The highest BCUT2D eigenvalue weighted by molar-refractivity contribution is 6.06. The summed E-state index contributed by atoms with van der Waals surface area (Å²) in [5, 5.41) is 28.9. The second-order valence-electron chi connectivity index (χ2n) is 6.59. The Morgan fingerprint density at radius 3 is 2.64 bits per heavy atom. The summed E-state index contributed by atoms with van der Waals surface area (Å²) in [6.07, 6.45) is 7.50. The van der Waals surface area contributed by atoms with Crippen LogP contribution in [0.15, 0.2) is 41.5 Å². The van der Waals surface area contributed by atoms with E-state index in [1.807, 2.05) is 19.9 Å². The molecule has 0 bridgehead atoms. The monoisotopic (exact) mass is 346 g/mol. The zero-order valence-corrected chi connectivity index (χ0v) is 14.8. The summed E-state index contributed by atoms with van der Waals surface area (Å²) in [7, 11) is 0. The van der Waals surface area contributed by atoms with Gasteiger partial charge in [-0.05, 0) is 57.7 Å². The Balaban J connectivity index is 1.82. The molecule has 1 atom stereocenters. The highest BCUT2D eigenvalue weighted by Crippen LogP contribution is 2.38. The van der Waals surface area contributed by atoms with Gasteiger partial charge in [-0.15, -0.1) is 0 Å². The lowest BCUT2D eigenvalue weighted by Crippen LogP contribution is -2.39. The van der Waals surface area contributed by atoms with Crippen LogP contribution < -0.4 is 4.74 Å². The van der Waals surface area contributed by atoms with Gasteiger partial charge < -0.3 is 20.1 Å². The van der Waals surface area contributed by atoms with Crippen LogP contribution in [-0.2, 0) is 0 Å². The van der Waals surface area contributed by atoms with Crippen molar-refractivity contribution in [2.24, 2.45) is 0 Å². The molecule has 0 aromatic heterocycles. The van der Waals surface area contributed by atoms with Gasteiger partial charge in [-0.2, -0.15) is 0 Å². The topological polar surface area (TPSA) is 87.0 Å². The molecule has 1 unspecified atom stereocenters. The predicted octanol–water partition coefficient (Wildman–Crippen LogP) is 3.49. The van der Waals surface area contributed by atoms with Crippen molar-refractivity contribution in [2.75, 3.05) is 6.61 Å². The lowest BCUT2D eigenvalue weighted by atomic mass is 10.00. The number of rotatable bonds is 8. The smallest absolute Gasteiger partial charge is 0.272 e. The molecule has 0 saturated heterocycles. The molecule has 0 spiro atoms. The van der Waals surface area contributed by atoms with Crippen LogP contribution in [0.5, 0.6) is 11.5 Å². The third-order valence-corrected chi connectivity index (χ3v) is 4.33.